The van der Waals surface area contributed by atoms with Gasteiger partial charge >= 0.3 is 5.97 Å². The third-order valence-electron chi connectivity index (χ3n) is 5.38. The van der Waals surface area contributed by atoms with Crippen molar-refractivity contribution in [2.45, 2.75) is 27.2 Å². The summed E-state index contributed by atoms with van der Waals surface area (Å²) >= 11 is 6.45. The van der Waals surface area contributed by atoms with Crippen LogP contribution in [0.4, 0.5) is 4.39 Å². The van der Waals surface area contributed by atoms with Crippen molar-refractivity contribution >= 4 is 40.9 Å². The summed E-state index contributed by atoms with van der Waals surface area (Å²) in [6.07, 6.45) is 9.01. The van der Waals surface area contributed by atoms with Gasteiger partial charge in [0.25, 0.3) is 0 Å². The van der Waals surface area contributed by atoms with Crippen LogP contribution in [0.1, 0.15) is 48.1 Å². The number of carbonyl (C=O) groups is 1. The molecule has 1 heterocycles. The van der Waals surface area contributed by atoms with Crippen molar-refractivity contribution in [1.82, 2.24) is 4.98 Å². The number of hydrogen-bond donors (Lipinski definition) is 1. The Morgan fingerprint density at radius 2 is 1.88 bits per heavy atom. The summed E-state index contributed by atoms with van der Waals surface area (Å²) in [6.45, 7) is 6.11. The van der Waals surface area contributed by atoms with E-state index >= 15 is 0 Å². The number of aromatic nitrogens is 1. The first-order valence-electron chi connectivity index (χ1n) is 10.6. The molecule has 2 aromatic carbocycles. The number of halogens is 2. The van der Waals surface area contributed by atoms with E-state index in [1.165, 1.54) is 12.1 Å². The predicted octanol–water partition coefficient (Wildman–Crippen LogP) is 7.70. The molecule has 0 fully saturated rings. The molecule has 3 aromatic rings. The summed E-state index contributed by atoms with van der Waals surface area (Å²) in [5.74, 6) is -1.38. The number of carboxylic acids is 1. The van der Waals surface area contributed by atoms with Gasteiger partial charge in [-0.25, -0.2) is 9.18 Å². The Balaban J connectivity index is 2.22. The summed E-state index contributed by atoms with van der Waals surface area (Å²) in [7, 11) is 0. The molecule has 0 saturated carbocycles. The lowest BCUT2D eigenvalue weighted by molar-refractivity contribution is -0.131. The molecular weight excluding hydrogens is 437 g/mol. The molecule has 0 aliphatic heterocycles. The molecule has 0 aliphatic carbocycles. The molecule has 5 heteroatoms. The lowest BCUT2D eigenvalue weighted by Crippen LogP contribution is -1.97. The number of allylic oxidation sites excluding steroid dienone is 3. The van der Waals surface area contributed by atoms with Gasteiger partial charge in [-0.1, -0.05) is 48.9 Å². The summed E-state index contributed by atoms with van der Waals surface area (Å²) in [5, 5.41) is 9.24. The minimum absolute atomic E-state index is 0.357. The lowest BCUT2D eigenvalue weighted by Gasteiger charge is -2.18. The second-order valence-corrected chi connectivity index (χ2v) is 8.09. The van der Waals surface area contributed by atoms with E-state index in [2.05, 4.69) is 11.1 Å². The highest BCUT2D eigenvalue weighted by atomic mass is 35.5. The van der Waals surface area contributed by atoms with E-state index in [1.807, 2.05) is 57.3 Å². The smallest absolute Gasteiger partial charge is 0.328 e. The van der Waals surface area contributed by atoms with Gasteiger partial charge in [-0.2, -0.15) is 0 Å². The molecule has 3 rings (SSSR count). The fourth-order valence-corrected chi connectivity index (χ4v) is 4.02. The van der Waals surface area contributed by atoms with Crippen molar-refractivity contribution in [2.24, 2.45) is 0 Å². The van der Waals surface area contributed by atoms with Crippen LogP contribution < -0.4 is 0 Å². The summed E-state index contributed by atoms with van der Waals surface area (Å²) in [4.78, 5) is 15.1. The van der Waals surface area contributed by atoms with Crippen LogP contribution in [0, 0.1) is 12.7 Å². The quantitative estimate of drug-likeness (QED) is 0.223. The highest BCUT2D eigenvalue weighted by molar-refractivity contribution is 6.32. The van der Waals surface area contributed by atoms with Crippen molar-refractivity contribution in [3.8, 4) is 0 Å². The fraction of sp³-hybridized carbons (Fsp3) is 0.143. The van der Waals surface area contributed by atoms with E-state index in [9.17, 15) is 9.18 Å². The highest BCUT2D eigenvalue weighted by Crippen LogP contribution is 2.38. The van der Waals surface area contributed by atoms with Gasteiger partial charge in [0.15, 0.2) is 0 Å². The van der Waals surface area contributed by atoms with E-state index in [0.717, 1.165) is 50.6 Å². The number of carboxylic acid groups (broad SMARTS) is 1. The molecule has 0 radical (unpaired) electrons. The zero-order valence-corrected chi connectivity index (χ0v) is 19.5. The molecule has 0 bridgehead atoms. The number of rotatable bonds is 7. The van der Waals surface area contributed by atoms with Gasteiger partial charge in [0.2, 0.25) is 0 Å². The van der Waals surface area contributed by atoms with Crippen LogP contribution in [-0.4, -0.2) is 16.1 Å². The molecule has 0 atom stereocenters. The highest BCUT2D eigenvalue weighted by Gasteiger charge is 2.16. The second-order valence-electron chi connectivity index (χ2n) is 7.68. The molecular formula is C28H25ClFNO2. The molecule has 1 N–H and O–H groups in total. The third kappa shape index (κ3) is 6.05. The van der Waals surface area contributed by atoms with E-state index in [4.69, 9.17) is 16.7 Å². The Morgan fingerprint density at radius 1 is 1.15 bits per heavy atom. The van der Waals surface area contributed by atoms with E-state index < -0.39 is 5.97 Å². The Kier molecular flexibility index (Phi) is 7.96. The molecule has 168 valence electrons. The number of hydrogen-bond acceptors (Lipinski definition) is 2. The maximum absolute atomic E-state index is 13.7. The molecule has 0 spiro atoms. The maximum atomic E-state index is 13.7. The number of aryl methyl sites for hydroxylation is 1. The van der Waals surface area contributed by atoms with Crippen LogP contribution in [0.3, 0.4) is 0 Å². The predicted molar refractivity (Wildman–Crippen MR) is 134 cm³/mol. The van der Waals surface area contributed by atoms with Crippen LogP contribution in [-0.2, 0) is 4.79 Å². The van der Waals surface area contributed by atoms with Gasteiger partial charge < -0.3 is 5.11 Å². The summed E-state index contributed by atoms with van der Waals surface area (Å²) in [5.41, 5.74) is 7.62. The molecule has 0 saturated heterocycles. The number of aliphatic carboxylic acids is 1. The molecule has 33 heavy (non-hydrogen) atoms. The summed E-state index contributed by atoms with van der Waals surface area (Å²) in [6, 6.07) is 14.1. The molecule has 3 nitrogen and oxygen atoms in total. The average Bonchev–Trinajstić information content (AvgIpc) is 2.78. The average molecular weight is 462 g/mol. The van der Waals surface area contributed by atoms with E-state index in [0.29, 0.717) is 11.4 Å². The number of benzene rings is 2. The van der Waals surface area contributed by atoms with Gasteiger partial charge in [0, 0.05) is 18.5 Å². The Hall–Kier alpha value is -3.50. The van der Waals surface area contributed by atoms with Gasteiger partial charge in [0.05, 0.1) is 5.02 Å². The zero-order chi connectivity index (χ0) is 24.0. The standard InChI is InChI=1S/C28H25ClFNO2/c1-4-24(25-11-10-23(30)16-26(25)29)28(19(3)15-22-17-31-14-13-18(22)2)21-8-5-20(6-9-21)7-12-27(32)33/h5-17H,4H2,1-3H3,(H,32,33)/b12-7+,19-15+,28-24-. The van der Waals surface area contributed by atoms with Crippen molar-refractivity contribution in [2.75, 3.05) is 0 Å². The SMILES string of the molecule is CC/C(=C(\C(C)=C\c1cnccc1C)c1ccc(/C=C/C(=O)O)cc1)c1ccc(F)cc1Cl. The topological polar surface area (TPSA) is 50.2 Å². The van der Waals surface area contributed by atoms with Gasteiger partial charge in [-0.15, -0.1) is 0 Å². The molecule has 0 amide bonds. The van der Waals surface area contributed by atoms with Crippen LogP contribution in [0.25, 0.3) is 23.3 Å². The first-order valence-corrected chi connectivity index (χ1v) is 11.0. The molecule has 0 aliphatic rings. The van der Waals surface area contributed by atoms with Gasteiger partial charge in [-0.3, -0.25) is 4.98 Å². The minimum Gasteiger partial charge on any atom is -0.478 e. The van der Waals surface area contributed by atoms with Crippen molar-refractivity contribution in [3.63, 3.8) is 0 Å². The van der Waals surface area contributed by atoms with Gasteiger partial charge in [0.1, 0.15) is 5.82 Å². The minimum atomic E-state index is -0.996. The van der Waals surface area contributed by atoms with Crippen LogP contribution in [0.15, 0.2) is 72.6 Å². The van der Waals surface area contributed by atoms with Gasteiger partial charge in [-0.05, 0) is 95.2 Å². The molecule has 1 aromatic heterocycles. The lowest BCUT2D eigenvalue weighted by atomic mass is 9.87. The summed E-state index contributed by atoms with van der Waals surface area (Å²) < 4.78 is 13.7. The monoisotopic (exact) mass is 461 g/mol. The number of nitrogens with zero attached hydrogens (tertiary/aromatic N) is 1. The fourth-order valence-electron chi connectivity index (χ4n) is 3.74. The second kappa shape index (κ2) is 10.9. The first-order chi connectivity index (χ1) is 15.8. The maximum Gasteiger partial charge on any atom is 0.328 e. The Morgan fingerprint density at radius 3 is 2.48 bits per heavy atom. The van der Waals surface area contributed by atoms with Crippen LogP contribution in [0.2, 0.25) is 5.02 Å². The van der Waals surface area contributed by atoms with E-state index in [-0.39, 0.29) is 5.82 Å². The van der Waals surface area contributed by atoms with Crippen molar-refractivity contribution < 1.29 is 14.3 Å². The number of pyridine rings is 1. The zero-order valence-electron chi connectivity index (χ0n) is 18.8. The Labute approximate surface area is 198 Å². The largest absolute Gasteiger partial charge is 0.478 e. The van der Waals surface area contributed by atoms with E-state index in [1.54, 1.807) is 18.3 Å². The van der Waals surface area contributed by atoms with Crippen LogP contribution >= 0.6 is 11.6 Å². The normalized spacial score (nSPS) is 12.7. The first kappa shape index (κ1) is 24.1. The molecule has 0 unspecified atom stereocenters. The Bertz CT molecular complexity index is 1260. The van der Waals surface area contributed by atoms with Crippen molar-refractivity contribution in [3.05, 3.63) is 111 Å². The van der Waals surface area contributed by atoms with Crippen LogP contribution in [0.5, 0.6) is 0 Å². The van der Waals surface area contributed by atoms with Crippen molar-refractivity contribution in [1.29, 1.82) is 0 Å². The third-order valence-corrected chi connectivity index (χ3v) is 5.69.